The second-order valence-corrected chi connectivity index (χ2v) is 6.62. The minimum absolute atomic E-state index is 0.0782. The summed E-state index contributed by atoms with van der Waals surface area (Å²) in [4.78, 5) is 40.3. The van der Waals surface area contributed by atoms with Gasteiger partial charge in [0, 0.05) is 13.1 Å². The SMILES string of the molecule is CCCCN(CCCC)C(=O)Cn1cc([N+](=O)[O-])s/c1=N\C(=O)OCC. The molecule has 0 radical (unpaired) electrons. The second-order valence-electron chi connectivity index (χ2n) is 5.64. The van der Waals surface area contributed by atoms with Gasteiger partial charge in [-0.25, -0.2) is 4.79 Å². The fourth-order valence-electron chi connectivity index (χ4n) is 2.19. The molecule has 0 atom stereocenters. The molecule has 0 aromatic carbocycles. The van der Waals surface area contributed by atoms with Crippen LogP contribution < -0.4 is 4.80 Å². The molecule has 1 aromatic rings. The third-order valence-corrected chi connectivity index (χ3v) is 4.54. The summed E-state index contributed by atoms with van der Waals surface area (Å²) >= 11 is 0.737. The van der Waals surface area contributed by atoms with Crippen LogP contribution in [0.2, 0.25) is 0 Å². The van der Waals surface area contributed by atoms with Crippen LogP contribution >= 0.6 is 11.3 Å². The van der Waals surface area contributed by atoms with E-state index in [4.69, 9.17) is 4.74 Å². The van der Waals surface area contributed by atoms with Gasteiger partial charge in [-0.15, -0.1) is 4.99 Å². The summed E-state index contributed by atoms with van der Waals surface area (Å²) in [6, 6.07) is 0. The lowest BCUT2D eigenvalue weighted by molar-refractivity contribution is -0.380. The number of nitrogens with zero attached hydrogens (tertiary/aromatic N) is 4. The standard InChI is InChI=1S/C16H26N4O5S/c1-4-7-9-18(10-8-5-2)13(21)11-19-12-14(20(23)24)26-15(19)17-16(22)25-6-3/h12H,4-11H2,1-3H3/b17-15-. The molecule has 1 heterocycles. The Morgan fingerprint density at radius 1 is 1.27 bits per heavy atom. The van der Waals surface area contributed by atoms with Crippen molar-refractivity contribution in [1.29, 1.82) is 0 Å². The fraction of sp³-hybridized carbons (Fsp3) is 0.688. The highest BCUT2D eigenvalue weighted by Gasteiger charge is 2.18. The first-order chi connectivity index (χ1) is 12.4. The number of hydrogen-bond donors (Lipinski definition) is 0. The normalized spacial score (nSPS) is 11.4. The zero-order valence-electron chi connectivity index (χ0n) is 15.5. The average molecular weight is 386 g/mol. The Bertz CT molecular complexity index is 674. The molecule has 2 amide bonds. The molecule has 0 spiro atoms. The van der Waals surface area contributed by atoms with Crippen molar-refractivity contribution in [1.82, 2.24) is 9.47 Å². The van der Waals surface area contributed by atoms with Crippen LogP contribution in [0.5, 0.6) is 0 Å². The lowest BCUT2D eigenvalue weighted by Crippen LogP contribution is -2.37. The van der Waals surface area contributed by atoms with Gasteiger partial charge in [-0.1, -0.05) is 26.7 Å². The number of carbonyl (C=O) groups excluding carboxylic acids is 2. The van der Waals surface area contributed by atoms with E-state index >= 15 is 0 Å². The topological polar surface area (TPSA) is 107 Å². The minimum Gasteiger partial charge on any atom is -0.448 e. The first-order valence-corrected chi connectivity index (χ1v) is 9.58. The van der Waals surface area contributed by atoms with E-state index in [2.05, 4.69) is 18.8 Å². The summed E-state index contributed by atoms with van der Waals surface area (Å²) in [7, 11) is 0. The molecule has 0 saturated heterocycles. The van der Waals surface area contributed by atoms with E-state index in [-0.39, 0.29) is 28.9 Å². The number of amides is 2. The van der Waals surface area contributed by atoms with Gasteiger partial charge in [-0.05, 0) is 31.1 Å². The molecule has 0 aliphatic rings. The second kappa shape index (κ2) is 11.4. The van der Waals surface area contributed by atoms with Gasteiger partial charge >= 0.3 is 11.1 Å². The summed E-state index contributed by atoms with van der Waals surface area (Å²) in [5, 5.41) is 10.8. The average Bonchev–Trinajstić information content (AvgIpc) is 2.98. The van der Waals surface area contributed by atoms with E-state index in [1.807, 2.05) is 0 Å². The van der Waals surface area contributed by atoms with Crippen molar-refractivity contribution in [3.8, 4) is 0 Å². The summed E-state index contributed by atoms with van der Waals surface area (Å²) < 4.78 is 6.09. The van der Waals surface area contributed by atoms with E-state index in [1.54, 1.807) is 11.8 Å². The van der Waals surface area contributed by atoms with Gasteiger partial charge in [0.15, 0.2) is 0 Å². The monoisotopic (exact) mass is 386 g/mol. The fourth-order valence-corrected chi connectivity index (χ4v) is 2.99. The zero-order chi connectivity index (χ0) is 19.5. The molecule has 0 unspecified atom stereocenters. The van der Waals surface area contributed by atoms with Crippen LogP contribution in [-0.2, 0) is 16.1 Å². The first-order valence-electron chi connectivity index (χ1n) is 8.76. The van der Waals surface area contributed by atoms with Gasteiger partial charge < -0.3 is 14.2 Å². The lowest BCUT2D eigenvalue weighted by Gasteiger charge is -2.22. The van der Waals surface area contributed by atoms with Crippen LogP contribution in [0.15, 0.2) is 11.2 Å². The molecular weight excluding hydrogens is 360 g/mol. The van der Waals surface area contributed by atoms with Gasteiger partial charge in [0.05, 0.1) is 17.7 Å². The molecule has 9 nitrogen and oxygen atoms in total. The van der Waals surface area contributed by atoms with Gasteiger partial charge in [-0.2, -0.15) is 0 Å². The number of hydrogen-bond acceptors (Lipinski definition) is 6. The molecule has 0 bridgehead atoms. The van der Waals surface area contributed by atoms with Crippen LogP contribution in [0.25, 0.3) is 0 Å². The molecule has 10 heteroatoms. The predicted molar refractivity (Wildman–Crippen MR) is 97.9 cm³/mol. The Kier molecular flexibility index (Phi) is 9.56. The van der Waals surface area contributed by atoms with E-state index in [0.29, 0.717) is 13.1 Å². The van der Waals surface area contributed by atoms with E-state index in [1.165, 1.54) is 10.8 Å². The summed E-state index contributed by atoms with van der Waals surface area (Å²) in [5.74, 6) is -0.148. The molecule has 1 rings (SSSR count). The molecule has 146 valence electrons. The van der Waals surface area contributed by atoms with Gasteiger partial charge in [-0.3, -0.25) is 14.9 Å². The Balaban J connectivity index is 3.05. The molecule has 26 heavy (non-hydrogen) atoms. The molecule has 0 aliphatic heterocycles. The number of aromatic nitrogens is 1. The van der Waals surface area contributed by atoms with E-state index < -0.39 is 11.0 Å². The summed E-state index contributed by atoms with van der Waals surface area (Å²) in [5.41, 5.74) is 0. The summed E-state index contributed by atoms with van der Waals surface area (Å²) in [6.45, 7) is 7.08. The van der Waals surface area contributed by atoms with Crippen LogP contribution in [-0.4, -0.2) is 46.1 Å². The Labute approximate surface area is 156 Å². The maximum Gasteiger partial charge on any atom is 0.436 e. The predicted octanol–water partition coefficient (Wildman–Crippen LogP) is 2.94. The minimum atomic E-state index is -0.834. The van der Waals surface area contributed by atoms with Crippen LogP contribution in [0.3, 0.4) is 0 Å². The molecular formula is C16H26N4O5S. The number of carbonyl (C=O) groups is 2. The van der Waals surface area contributed by atoms with Crippen molar-refractivity contribution < 1.29 is 19.2 Å². The van der Waals surface area contributed by atoms with Crippen molar-refractivity contribution >= 4 is 28.3 Å². The van der Waals surface area contributed by atoms with Crippen molar-refractivity contribution in [2.75, 3.05) is 19.7 Å². The highest BCUT2D eigenvalue weighted by Crippen LogP contribution is 2.14. The number of thiazole rings is 1. The van der Waals surface area contributed by atoms with Crippen LogP contribution in [0.4, 0.5) is 9.80 Å². The van der Waals surface area contributed by atoms with E-state index in [9.17, 15) is 19.7 Å². The van der Waals surface area contributed by atoms with Gasteiger partial charge in [0.2, 0.25) is 10.7 Å². The highest BCUT2D eigenvalue weighted by molar-refractivity contribution is 7.12. The molecule has 0 aliphatic carbocycles. The quantitative estimate of drug-likeness (QED) is 0.454. The number of unbranched alkanes of at least 4 members (excludes halogenated alkanes) is 2. The highest BCUT2D eigenvalue weighted by atomic mass is 32.1. The molecule has 0 N–H and O–H groups in total. The molecule has 1 aromatic heterocycles. The number of nitro groups is 1. The maximum atomic E-state index is 12.6. The Morgan fingerprint density at radius 3 is 2.38 bits per heavy atom. The van der Waals surface area contributed by atoms with E-state index in [0.717, 1.165) is 37.0 Å². The molecule has 0 fully saturated rings. The first kappa shape index (κ1) is 21.8. The van der Waals surface area contributed by atoms with Crippen molar-refractivity contribution in [3.05, 3.63) is 21.1 Å². The number of rotatable bonds is 10. The number of ether oxygens (including phenoxy) is 1. The molecule has 0 saturated carbocycles. The van der Waals surface area contributed by atoms with Crippen LogP contribution in [0.1, 0.15) is 46.5 Å². The maximum absolute atomic E-state index is 12.6. The smallest absolute Gasteiger partial charge is 0.436 e. The Hall–Kier alpha value is -2.23. The largest absolute Gasteiger partial charge is 0.448 e. The summed E-state index contributed by atoms with van der Waals surface area (Å²) in [6.07, 6.45) is 4.12. The van der Waals surface area contributed by atoms with Crippen molar-refractivity contribution in [3.63, 3.8) is 0 Å². The van der Waals surface area contributed by atoms with Crippen LogP contribution in [0, 0.1) is 10.1 Å². The third kappa shape index (κ3) is 6.95. The Morgan fingerprint density at radius 2 is 1.88 bits per heavy atom. The van der Waals surface area contributed by atoms with Gasteiger partial charge in [0.25, 0.3) is 0 Å². The lowest BCUT2D eigenvalue weighted by atomic mass is 10.2. The zero-order valence-corrected chi connectivity index (χ0v) is 16.3. The van der Waals surface area contributed by atoms with Crippen molar-refractivity contribution in [2.24, 2.45) is 4.99 Å². The van der Waals surface area contributed by atoms with Crippen molar-refractivity contribution in [2.45, 2.75) is 53.0 Å². The third-order valence-electron chi connectivity index (χ3n) is 3.56. The van der Waals surface area contributed by atoms with Gasteiger partial charge in [0.1, 0.15) is 6.54 Å².